The van der Waals surface area contributed by atoms with Crippen LogP contribution in [0.25, 0.3) is 0 Å². The summed E-state index contributed by atoms with van der Waals surface area (Å²) < 4.78 is 0. The maximum Gasteiger partial charge on any atom is 0.256 e. The number of hydrogen-bond donors (Lipinski definition) is 0. The summed E-state index contributed by atoms with van der Waals surface area (Å²) in [6.45, 7) is 0.924. The Morgan fingerprint density at radius 3 is 2.50 bits per heavy atom. The van der Waals surface area contributed by atoms with Crippen LogP contribution in [0.1, 0.15) is 21.5 Å². The molecule has 0 unspecified atom stereocenters. The van der Waals surface area contributed by atoms with Gasteiger partial charge < -0.3 is 9.80 Å². The van der Waals surface area contributed by atoms with Crippen molar-refractivity contribution in [2.24, 2.45) is 0 Å². The first-order valence-corrected chi connectivity index (χ1v) is 8.56. The second-order valence-electron chi connectivity index (χ2n) is 5.86. The number of rotatable bonds is 2. The van der Waals surface area contributed by atoms with E-state index in [-0.39, 0.29) is 17.7 Å². The molecule has 1 fully saturated rings. The summed E-state index contributed by atoms with van der Waals surface area (Å²) in [6, 6.07) is 14.7. The Labute approximate surface area is 149 Å². The number of halogens is 2. The van der Waals surface area contributed by atoms with Gasteiger partial charge in [-0.25, -0.2) is 0 Å². The van der Waals surface area contributed by atoms with Gasteiger partial charge in [0.25, 0.3) is 5.91 Å². The minimum atomic E-state index is -0.940. The molecule has 0 N–H and O–H groups in total. The minimum absolute atomic E-state index is 0.0644. The predicted octanol–water partition coefficient (Wildman–Crippen LogP) is 3.08. The van der Waals surface area contributed by atoms with E-state index in [4.69, 9.17) is 23.2 Å². The zero-order chi connectivity index (χ0) is 16.9. The van der Waals surface area contributed by atoms with E-state index in [1.165, 1.54) is 0 Å². The molecule has 2 aliphatic rings. The van der Waals surface area contributed by atoms with Gasteiger partial charge in [0.2, 0.25) is 5.91 Å². The van der Waals surface area contributed by atoms with E-state index in [1.807, 2.05) is 30.3 Å². The topological polar surface area (TPSA) is 40.6 Å². The standard InChI is InChI=1S/C18H14Cl2N2O2/c19-11-16(23)21-9-10-22-17(24)14-3-1-2-4-15(14)18(21,22)12-5-7-13(20)8-6-12/h1-8H,9-11H2/t18-/m1/s1. The van der Waals surface area contributed by atoms with Crippen LogP contribution >= 0.6 is 23.2 Å². The minimum Gasteiger partial charge on any atom is -0.309 e. The van der Waals surface area contributed by atoms with Crippen LogP contribution < -0.4 is 0 Å². The van der Waals surface area contributed by atoms with E-state index in [2.05, 4.69) is 0 Å². The van der Waals surface area contributed by atoms with Crippen molar-refractivity contribution in [3.8, 4) is 0 Å². The molecule has 122 valence electrons. The number of hydrogen-bond acceptors (Lipinski definition) is 2. The summed E-state index contributed by atoms with van der Waals surface area (Å²) in [5.41, 5.74) is 1.33. The Bertz CT molecular complexity index is 837. The van der Waals surface area contributed by atoms with Crippen LogP contribution in [0.5, 0.6) is 0 Å². The first kappa shape index (κ1) is 15.5. The first-order chi connectivity index (χ1) is 11.6. The number of carbonyl (C=O) groups excluding carboxylic acids is 2. The number of carbonyl (C=O) groups is 2. The van der Waals surface area contributed by atoms with Gasteiger partial charge in [-0.1, -0.05) is 41.9 Å². The van der Waals surface area contributed by atoms with Crippen molar-refractivity contribution in [3.63, 3.8) is 0 Å². The van der Waals surface area contributed by atoms with Crippen LogP contribution in [-0.2, 0) is 10.5 Å². The third-order valence-corrected chi connectivity index (χ3v) is 5.25. The van der Waals surface area contributed by atoms with E-state index in [0.717, 1.165) is 11.1 Å². The van der Waals surface area contributed by atoms with Crippen LogP contribution in [-0.4, -0.2) is 40.6 Å². The molecule has 2 aromatic carbocycles. The summed E-state index contributed by atoms with van der Waals surface area (Å²) >= 11 is 11.9. The van der Waals surface area contributed by atoms with Crippen molar-refractivity contribution in [2.45, 2.75) is 5.66 Å². The average molecular weight is 361 g/mol. The van der Waals surface area contributed by atoms with Gasteiger partial charge in [0, 0.05) is 34.8 Å². The molecule has 24 heavy (non-hydrogen) atoms. The van der Waals surface area contributed by atoms with E-state index in [1.54, 1.807) is 28.0 Å². The number of alkyl halides is 1. The fraction of sp³-hybridized carbons (Fsp3) is 0.222. The molecule has 2 aliphatic heterocycles. The van der Waals surface area contributed by atoms with Crippen molar-refractivity contribution >= 4 is 35.0 Å². The monoisotopic (exact) mass is 360 g/mol. The summed E-state index contributed by atoms with van der Waals surface area (Å²) in [5, 5.41) is 0.604. The summed E-state index contributed by atoms with van der Waals surface area (Å²) in [6.07, 6.45) is 0. The van der Waals surface area contributed by atoms with Crippen molar-refractivity contribution < 1.29 is 9.59 Å². The fourth-order valence-electron chi connectivity index (χ4n) is 3.85. The maximum absolute atomic E-state index is 12.9. The smallest absolute Gasteiger partial charge is 0.256 e. The third-order valence-electron chi connectivity index (χ3n) is 4.77. The number of fused-ring (bicyclic) bond motifs is 3. The second-order valence-corrected chi connectivity index (χ2v) is 6.56. The van der Waals surface area contributed by atoms with Crippen molar-refractivity contribution in [1.82, 2.24) is 9.80 Å². The molecule has 1 atom stereocenters. The fourth-order valence-corrected chi connectivity index (χ4v) is 4.12. The molecule has 0 spiro atoms. The van der Waals surface area contributed by atoms with Crippen molar-refractivity contribution in [3.05, 3.63) is 70.2 Å². The zero-order valence-corrected chi connectivity index (χ0v) is 14.2. The molecule has 4 rings (SSSR count). The zero-order valence-electron chi connectivity index (χ0n) is 12.7. The number of benzene rings is 2. The quantitative estimate of drug-likeness (QED) is 0.772. The normalized spacial score (nSPS) is 21.8. The molecular formula is C18H14Cl2N2O2. The predicted molar refractivity (Wildman–Crippen MR) is 92.1 cm³/mol. The lowest BCUT2D eigenvalue weighted by atomic mass is 9.90. The summed E-state index contributed by atoms with van der Waals surface area (Å²) in [4.78, 5) is 28.9. The van der Waals surface area contributed by atoms with Crippen LogP contribution in [0.4, 0.5) is 0 Å². The van der Waals surface area contributed by atoms with Crippen molar-refractivity contribution in [2.75, 3.05) is 19.0 Å². The van der Waals surface area contributed by atoms with E-state index in [0.29, 0.717) is 23.7 Å². The van der Waals surface area contributed by atoms with Gasteiger partial charge in [-0.05, 0) is 18.2 Å². The second kappa shape index (κ2) is 5.50. The summed E-state index contributed by atoms with van der Waals surface area (Å²) in [7, 11) is 0. The largest absolute Gasteiger partial charge is 0.309 e. The molecule has 1 saturated heterocycles. The highest BCUT2D eigenvalue weighted by molar-refractivity contribution is 6.30. The molecule has 0 bridgehead atoms. The Kier molecular flexibility index (Phi) is 3.55. The van der Waals surface area contributed by atoms with E-state index in [9.17, 15) is 9.59 Å². The maximum atomic E-state index is 12.9. The van der Waals surface area contributed by atoms with E-state index >= 15 is 0 Å². The molecule has 2 heterocycles. The molecule has 0 aliphatic carbocycles. The third kappa shape index (κ3) is 1.87. The van der Waals surface area contributed by atoms with Gasteiger partial charge in [0.1, 0.15) is 5.88 Å². The van der Waals surface area contributed by atoms with E-state index < -0.39 is 5.66 Å². The molecule has 0 saturated carbocycles. The molecule has 4 nitrogen and oxygen atoms in total. The van der Waals surface area contributed by atoms with Gasteiger partial charge in [-0.15, -0.1) is 11.6 Å². The molecule has 2 amide bonds. The average Bonchev–Trinajstić information content (AvgIpc) is 3.11. The summed E-state index contributed by atoms with van der Waals surface area (Å²) in [5.74, 6) is -0.386. The lowest BCUT2D eigenvalue weighted by Gasteiger charge is -2.40. The lowest BCUT2D eigenvalue weighted by Crippen LogP contribution is -2.52. The van der Waals surface area contributed by atoms with Crippen molar-refractivity contribution in [1.29, 1.82) is 0 Å². The van der Waals surface area contributed by atoms with Gasteiger partial charge >= 0.3 is 0 Å². The SMILES string of the molecule is O=C(CCl)N1CCN2C(=O)c3ccccc3[C@]12c1ccc(Cl)cc1. The molecular weight excluding hydrogens is 347 g/mol. The molecule has 6 heteroatoms. The lowest BCUT2D eigenvalue weighted by molar-refractivity contribution is -0.133. The Morgan fingerprint density at radius 1 is 1.08 bits per heavy atom. The highest BCUT2D eigenvalue weighted by atomic mass is 35.5. The van der Waals surface area contributed by atoms with Crippen LogP contribution in [0.3, 0.4) is 0 Å². The van der Waals surface area contributed by atoms with Crippen LogP contribution in [0.2, 0.25) is 5.02 Å². The highest BCUT2D eigenvalue weighted by Crippen LogP contribution is 2.49. The van der Waals surface area contributed by atoms with Gasteiger partial charge in [-0.3, -0.25) is 9.59 Å². The van der Waals surface area contributed by atoms with Crippen LogP contribution in [0, 0.1) is 0 Å². The number of amides is 2. The molecule has 0 radical (unpaired) electrons. The van der Waals surface area contributed by atoms with Gasteiger partial charge in [0.15, 0.2) is 5.66 Å². The highest BCUT2D eigenvalue weighted by Gasteiger charge is 2.59. The number of nitrogens with zero attached hydrogens (tertiary/aromatic N) is 2. The van der Waals surface area contributed by atoms with Gasteiger partial charge in [0.05, 0.1) is 0 Å². The Morgan fingerprint density at radius 2 is 1.79 bits per heavy atom. The van der Waals surface area contributed by atoms with Crippen LogP contribution in [0.15, 0.2) is 48.5 Å². The Balaban J connectivity index is 2.02. The molecule has 0 aromatic heterocycles. The Hall–Kier alpha value is -2.04. The first-order valence-electron chi connectivity index (χ1n) is 7.64. The molecule has 2 aromatic rings. The van der Waals surface area contributed by atoms with Gasteiger partial charge in [-0.2, -0.15) is 0 Å².